The van der Waals surface area contributed by atoms with E-state index in [1.54, 1.807) is 35.9 Å². The van der Waals surface area contributed by atoms with Crippen molar-refractivity contribution in [2.45, 2.75) is 6.42 Å². The van der Waals surface area contributed by atoms with Crippen LogP contribution in [0.25, 0.3) is 11.3 Å². The zero-order valence-corrected chi connectivity index (χ0v) is 16.7. The molecule has 0 aliphatic carbocycles. The van der Waals surface area contributed by atoms with Gasteiger partial charge in [-0.2, -0.15) is 0 Å². The molecule has 1 N–H and O–H groups in total. The van der Waals surface area contributed by atoms with Crippen molar-refractivity contribution in [3.63, 3.8) is 0 Å². The van der Waals surface area contributed by atoms with Crippen molar-refractivity contribution in [1.29, 1.82) is 0 Å². The Morgan fingerprint density at radius 3 is 2.36 bits per heavy atom. The Morgan fingerprint density at radius 1 is 1.07 bits per heavy atom. The number of nitrogens with zero attached hydrogens (tertiary/aromatic N) is 2. The van der Waals surface area contributed by atoms with Crippen molar-refractivity contribution < 1.29 is 19.0 Å². The molecule has 28 heavy (non-hydrogen) atoms. The Balaban J connectivity index is 1.63. The molecule has 0 saturated carbocycles. The highest BCUT2D eigenvalue weighted by molar-refractivity contribution is 7.09. The summed E-state index contributed by atoms with van der Waals surface area (Å²) in [5, 5.41) is 5.86. The molecule has 8 heteroatoms. The molecule has 0 aliphatic heterocycles. The van der Waals surface area contributed by atoms with Gasteiger partial charge in [0, 0.05) is 41.9 Å². The van der Waals surface area contributed by atoms with Crippen LogP contribution in [0.4, 0.5) is 0 Å². The molecule has 0 unspecified atom stereocenters. The molecule has 3 rings (SSSR count). The Labute approximate surface area is 167 Å². The second kappa shape index (κ2) is 9.18. The Bertz CT molecular complexity index is 919. The lowest BCUT2D eigenvalue weighted by Gasteiger charge is -2.14. The van der Waals surface area contributed by atoms with Crippen molar-refractivity contribution in [2.75, 3.05) is 27.9 Å². The summed E-state index contributed by atoms with van der Waals surface area (Å²) in [6.45, 7) is 0.471. The molecule has 3 aromatic rings. The molecule has 7 nitrogen and oxygen atoms in total. The van der Waals surface area contributed by atoms with Crippen molar-refractivity contribution in [3.8, 4) is 28.5 Å². The maximum atomic E-state index is 12.5. The van der Waals surface area contributed by atoms with Crippen LogP contribution in [0.2, 0.25) is 0 Å². The average Bonchev–Trinajstić information content (AvgIpc) is 3.22. The number of rotatable bonds is 8. The lowest BCUT2D eigenvalue weighted by molar-refractivity contribution is 0.0953. The van der Waals surface area contributed by atoms with Gasteiger partial charge < -0.3 is 19.5 Å². The number of thiazole rings is 1. The van der Waals surface area contributed by atoms with Crippen molar-refractivity contribution in [2.24, 2.45) is 0 Å². The number of ether oxygens (including phenoxy) is 3. The van der Waals surface area contributed by atoms with E-state index in [0.717, 1.165) is 16.3 Å². The number of benzene rings is 1. The van der Waals surface area contributed by atoms with Crippen LogP contribution >= 0.6 is 11.3 Å². The number of carbonyl (C=O) groups is 1. The Morgan fingerprint density at radius 2 is 1.75 bits per heavy atom. The number of pyridine rings is 1. The molecule has 0 bridgehead atoms. The van der Waals surface area contributed by atoms with E-state index in [4.69, 9.17) is 14.2 Å². The van der Waals surface area contributed by atoms with Crippen LogP contribution in [0.1, 0.15) is 15.4 Å². The van der Waals surface area contributed by atoms with E-state index in [1.807, 2.05) is 17.5 Å². The topological polar surface area (TPSA) is 82.6 Å². The first-order valence-electron chi connectivity index (χ1n) is 8.59. The fourth-order valence-electron chi connectivity index (χ4n) is 2.68. The zero-order valence-electron chi connectivity index (χ0n) is 15.9. The number of nitrogens with one attached hydrogen (secondary N) is 1. The van der Waals surface area contributed by atoms with Gasteiger partial charge >= 0.3 is 0 Å². The minimum atomic E-state index is -0.217. The Kier molecular flexibility index (Phi) is 6.44. The third kappa shape index (κ3) is 4.40. The second-order valence-electron chi connectivity index (χ2n) is 5.78. The van der Waals surface area contributed by atoms with Crippen LogP contribution < -0.4 is 19.5 Å². The van der Waals surface area contributed by atoms with Gasteiger partial charge in [-0.3, -0.25) is 9.78 Å². The third-order valence-corrected chi connectivity index (χ3v) is 4.99. The number of hydrogen-bond acceptors (Lipinski definition) is 7. The van der Waals surface area contributed by atoms with Crippen LogP contribution in [-0.2, 0) is 6.42 Å². The van der Waals surface area contributed by atoms with E-state index in [2.05, 4.69) is 15.3 Å². The van der Waals surface area contributed by atoms with Crippen LogP contribution in [0, 0.1) is 0 Å². The molecule has 2 aromatic heterocycles. The van der Waals surface area contributed by atoms with E-state index < -0.39 is 0 Å². The van der Waals surface area contributed by atoms with E-state index in [1.165, 1.54) is 21.3 Å². The maximum absolute atomic E-state index is 12.5. The summed E-state index contributed by atoms with van der Waals surface area (Å²) in [4.78, 5) is 21.1. The van der Waals surface area contributed by atoms with Gasteiger partial charge in [0.15, 0.2) is 11.5 Å². The normalized spacial score (nSPS) is 10.4. The summed E-state index contributed by atoms with van der Waals surface area (Å²) in [7, 11) is 4.55. The van der Waals surface area contributed by atoms with Gasteiger partial charge in [-0.05, 0) is 24.3 Å². The first-order chi connectivity index (χ1) is 13.7. The highest BCUT2D eigenvalue weighted by atomic mass is 32.1. The molecule has 1 amide bonds. The summed E-state index contributed by atoms with van der Waals surface area (Å²) in [5.41, 5.74) is 2.38. The highest BCUT2D eigenvalue weighted by Gasteiger charge is 2.17. The monoisotopic (exact) mass is 399 g/mol. The summed E-state index contributed by atoms with van der Waals surface area (Å²) < 4.78 is 15.9. The molecule has 0 spiro atoms. The summed E-state index contributed by atoms with van der Waals surface area (Å²) in [6.07, 6.45) is 4.13. The quantitative estimate of drug-likeness (QED) is 0.626. The summed E-state index contributed by atoms with van der Waals surface area (Å²) >= 11 is 1.57. The van der Waals surface area contributed by atoms with E-state index in [0.29, 0.717) is 35.8 Å². The van der Waals surface area contributed by atoms with Gasteiger partial charge in [0.25, 0.3) is 5.91 Å². The molecule has 0 saturated heterocycles. The maximum Gasteiger partial charge on any atom is 0.251 e. The SMILES string of the molecule is COc1cc(C(=O)NCCc2nc(-c3ccncc3)cs2)cc(OC)c1OC. The minimum Gasteiger partial charge on any atom is -0.493 e. The summed E-state index contributed by atoms with van der Waals surface area (Å²) in [6, 6.07) is 7.10. The average molecular weight is 399 g/mol. The standard InChI is InChI=1S/C20H21N3O4S/c1-25-16-10-14(11-17(26-2)19(16)27-3)20(24)22-9-6-18-23-15(12-28-18)13-4-7-21-8-5-13/h4-5,7-8,10-12H,6,9H2,1-3H3,(H,22,24). The zero-order chi connectivity index (χ0) is 19.9. The Hall–Kier alpha value is -3.13. The molecule has 0 atom stereocenters. The fourth-order valence-corrected chi connectivity index (χ4v) is 3.49. The molecule has 0 fully saturated rings. The van der Waals surface area contributed by atoms with Gasteiger partial charge in [-0.25, -0.2) is 4.98 Å². The minimum absolute atomic E-state index is 0.217. The highest BCUT2D eigenvalue weighted by Crippen LogP contribution is 2.38. The lowest BCUT2D eigenvalue weighted by atomic mass is 10.1. The van der Waals surface area contributed by atoms with Crippen LogP contribution in [0.3, 0.4) is 0 Å². The number of amides is 1. The van der Waals surface area contributed by atoms with Gasteiger partial charge in [0.05, 0.1) is 32.0 Å². The van der Waals surface area contributed by atoms with Gasteiger partial charge in [0.2, 0.25) is 5.75 Å². The number of carbonyl (C=O) groups excluding carboxylic acids is 1. The fraction of sp³-hybridized carbons (Fsp3) is 0.250. The van der Waals surface area contributed by atoms with Crippen LogP contribution in [0.15, 0.2) is 42.0 Å². The molecular formula is C20H21N3O4S. The largest absolute Gasteiger partial charge is 0.493 e. The number of methoxy groups -OCH3 is 3. The first kappa shape index (κ1) is 19.6. The third-order valence-electron chi connectivity index (χ3n) is 4.08. The predicted molar refractivity (Wildman–Crippen MR) is 107 cm³/mol. The smallest absolute Gasteiger partial charge is 0.251 e. The van der Waals surface area contributed by atoms with Gasteiger partial charge in [-0.1, -0.05) is 0 Å². The molecule has 2 heterocycles. The summed E-state index contributed by atoms with van der Waals surface area (Å²) in [5.74, 6) is 1.11. The second-order valence-corrected chi connectivity index (χ2v) is 6.72. The number of hydrogen-bond donors (Lipinski definition) is 1. The van der Waals surface area contributed by atoms with Gasteiger partial charge in [0.1, 0.15) is 0 Å². The molecule has 0 aliphatic rings. The predicted octanol–water partition coefficient (Wildman–Crippen LogP) is 3.20. The molecule has 146 valence electrons. The number of aromatic nitrogens is 2. The first-order valence-corrected chi connectivity index (χ1v) is 9.47. The van der Waals surface area contributed by atoms with Crippen LogP contribution in [0.5, 0.6) is 17.2 Å². The van der Waals surface area contributed by atoms with Crippen LogP contribution in [-0.4, -0.2) is 43.7 Å². The van der Waals surface area contributed by atoms with Gasteiger partial charge in [-0.15, -0.1) is 11.3 Å². The molecule has 1 aromatic carbocycles. The molecular weight excluding hydrogens is 378 g/mol. The van der Waals surface area contributed by atoms with Crippen molar-refractivity contribution >= 4 is 17.2 Å². The van der Waals surface area contributed by atoms with E-state index in [9.17, 15) is 4.79 Å². The van der Waals surface area contributed by atoms with Crippen molar-refractivity contribution in [1.82, 2.24) is 15.3 Å². The van der Waals surface area contributed by atoms with E-state index >= 15 is 0 Å². The van der Waals surface area contributed by atoms with Crippen molar-refractivity contribution in [3.05, 3.63) is 52.6 Å². The van der Waals surface area contributed by atoms with E-state index in [-0.39, 0.29) is 5.91 Å². The molecule has 0 radical (unpaired) electrons. The lowest BCUT2D eigenvalue weighted by Crippen LogP contribution is -2.25.